The number of rotatable bonds is 10. The molecule has 0 amide bonds. The van der Waals surface area contributed by atoms with Crippen LogP contribution in [0.2, 0.25) is 0 Å². The highest BCUT2D eigenvalue weighted by atomic mass is 19.1. The van der Waals surface area contributed by atoms with E-state index in [1.807, 2.05) is 55.5 Å². The van der Waals surface area contributed by atoms with E-state index in [1.165, 1.54) is 17.2 Å². The summed E-state index contributed by atoms with van der Waals surface area (Å²) >= 11 is 0. The largest absolute Gasteiger partial charge is 0.484 e. The number of aromatic nitrogens is 1. The minimum absolute atomic E-state index is 0.203. The van der Waals surface area contributed by atoms with E-state index in [1.54, 1.807) is 12.3 Å². The average molecular weight is 452 g/mol. The third kappa shape index (κ3) is 7.56. The summed E-state index contributed by atoms with van der Waals surface area (Å²) in [6.07, 6.45) is 14.3. The molecule has 2 nitrogen and oxygen atoms in total. The van der Waals surface area contributed by atoms with Gasteiger partial charge in [0.1, 0.15) is 6.61 Å². The molecule has 1 heterocycles. The van der Waals surface area contributed by atoms with E-state index >= 15 is 0 Å². The summed E-state index contributed by atoms with van der Waals surface area (Å²) < 4.78 is 20.0. The first-order valence-corrected chi connectivity index (χ1v) is 11.2. The first-order chi connectivity index (χ1) is 16.4. The predicted octanol–water partition coefficient (Wildman–Crippen LogP) is 8.37. The van der Waals surface area contributed by atoms with Crippen LogP contribution in [-0.4, -0.2) is 4.98 Å². The van der Waals surface area contributed by atoms with Gasteiger partial charge in [0, 0.05) is 6.20 Å². The summed E-state index contributed by atoms with van der Waals surface area (Å²) in [5.41, 5.74) is 6.92. The van der Waals surface area contributed by atoms with E-state index in [2.05, 4.69) is 55.4 Å². The van der Waals surface area contributed by atoms with Crippen molar-refractivity contribution in [1.29, 1.82) is 0 Å². The lowest BCUT2D eigenvalue weighted by atomic mass is 10.0. The first kappa shape index (κ1) is 24.7. The molecule has 0 aliphatic carbocycles. The highest BCUT2D eigenvalue weighted by Gasteiger charge is 2.05. The van der Waals surface area contributed by atoms with Gasteiger partial charge in [-0.05, 0) is 66.8 Å². The predicted molar refractivity (Wildman–Crippen MR) is 142 cm³/mol. The number of pyridine rings is 1. The maximum Gasteiger partial charge on any atom is 0.165 e. The second-order valence-corrected chi connectivity index (χ2v) is 8.08. The van der Waals surface area contributed by atoms with Crippen LogP contribution in [0.5, 0.6) is 5.75 Å². The Balaban J connectivity index is 1.52. The van der Waals surface area contributed by atoms with Gasteiger partial charge in [-0.15, -0.1) is 0 Å². The molecule has 0 N–H and O–H groups in total. The van der Waals surface area contributed by atoms with Crippen LogP contribution >= 0.6 is 0 Å². The molecular weight excluding hydrogens is 421 g/mol. The number of benzene rings is 2. The highest BCUT2D eigenvalue weighted by Crippen LogP contribution is 2.21. The third-order valence-electron chi connectivity index (χ3n) is 5.17. The maximum absolute atomic E-state index is 14.4. The van der Waals surface area contributed by atoms with Crippen LogP contribution in [0.1, 0.15) is 41.3 Å². The Kier molecular flexibility index (Phi) is 8.93. The molecule has 1 aromatic heterocycles. The Morgan fingerprint density at radius 3 is 2.26 bits per heavy atom. The molecular formula is C31H30FNO. The molecule has 0 unspecified atom stereocenters. The lowest BCUT2D eigenvalue weighted by Gasteiger charge is -2.07. The van der Waals surface area contributed by atoms with Gasteiger partial charge in [0.2, 0.25) is 0 Å². The molecule has 0 spiro atoms. The smallest absolute Gasteiger partial charge is 0.165 e. The summed E-state index contributed by atoms with van der Waals surface area (Å²) in [5, 5.41) is 0. The Morgan fingerprint density at radius 2 is 1.65 bits per heavy atom. The maximum atomic E-state index is 14.4. The standard InChI is InChI=1S/C31H30FNO/c1-5-8-28-16-14-26(20-25(28)4)12-10-23(2)19-24(3)11-13-27-15-17-31(30(32)21-27)34-22-29-9-6-7-18-33-29/h5-18,20-21H,2-3,19,22H2,1,4H3/b8-5-,12-10+,13-11+. The molecule has 2 aromatic carbocycles. The van der Waals surface area contributed by atoms with Crippen LogP contribution < -0.4 is 4.74 Å². The molecule has 172 valence electrons. The Labute approximate surface area is 202 Å². The van der Waals surface area contributed by atoms with Crippen molar-refractivity contribution >= 4 is 18.2 Å². The number of hydrogen-bond acceptors (Lipinski definition) is 2. The van der Waals surface area contributed by atoms with E-state index in [0.717, 1.165) is 28.0 Å². The lowest BCUT2D eigenvalue weighted by molar-refractivity contribution is 0.286. The summed E-state index contributed by atoms with van der Waals surface area (Å²) in [7, 11) is 0. The molecule has 3 aromatic rings. The number of hydrogen-bond donors (Lipinski definition) is 0. The second kappa shape index (κ2) is 12.3. The van der Waals surface area contributed by atoms with Crippen molar-refractivity contribution in [1.82, 2.24) is 4.98 Å². The van der Waals surface area contributed by atoms with Crippen LogP contribution in [0.15, 0.2) is 103 Å². The molecule has 0 atom stereocenters. The van der Waals surface area contributed by atoms with Crippen LogP contribution in [0, 0.1) is 12.7 Å². The van der Waals surface area contributed by atoms with Crippen LogP contribution in [0.25, 0.3) is 18.2 Å². The summed E-state index contributed by atoms with van der Waals surface area (Å²) in [6, 6.07) is 16.8. The van der Waals surface area contributed by atoms with Gasteiger partial charge in [-0.3, -0.25) is 4.98 Å². The van der Waals surface area contributed by atoms with Gasteiger partial charge in [0.05, 0.1) is 5.69 Å². The van der Waals surface area contributed by atoms with Crippen LogP contribution in [0.4, 0.5) is 4.39 Å². The summed E-state index contributed by atoms with van der Waals surface area (Å²) in [5.74, 6) is -0.207. The van der Waals surface area contributed by atoms with Gasteiger partial charge in [-0.25, -0.2) is 4.39 Å². The van der Waals surface area contributed by atoms with Crippen molar-refractivity contribution in [3.05, 3.63) is 137 Å². The van der Waals surface area contributed by atoms with Crippen LogP contribution in [-0.2, 0) is 6.61 Å². The van der Waals surface area contributed by atoms with Gasteiger partial charge in [-0.2, -0.15) is 0 Å². The third-order valence-corrected chi connectivity index (χ3v) is 5.17. The average Bonchev–Trinajstić information content (AvgIpc) is 2.83. The summed E-state index contributed by atoms with van der Waals surface area (Å²) in [4.78, 5) is 4.18. The molecule has 0 aliphatic heterocycles. The molecule has 34 heavy (non-hydrogen) atoms. The molecule has 0 aliphatic rings. The Hall–Kier alpha value is -3.98. The van der Waals surface area contributed by atoms with Crippen molar-refractivity contribution in [3.8, 4) is 5.75 Å². The number of nitrogens with zero attached hydrogens (tertiary/aromatic N) is 1. The van der Waals surface area contributed by atoms with Gasteiger partial charge in [-0.1, -0.05) is 91.1 Å². The number of allylic oxidation sites excluding steroid dienone is 5. The van der Waals surface area contributed by atoms with E-state index in [-0.39, 0.29) is 12.4 Å². The fourth-order valence-electron chi connectivity index (χ4n) is 3.38. The van der Waals surface area contributed by atoms with Gasteiger partial charge >= 0.3 is 0 Å². The van der Waals surface area contributed by atoms with E-state index < -0.39 is 5.82 Å². The number of ether oxygens (including phenoxy) is 1. The topological polar surface area (TPSA) is 22.1 Å². The fraction of sp³-hybridized carbons (Fsp3) is 0.129. The fourth-order valence-corrected chi connectivity index (χ4v) is 3.38. The zero-order valence-corrected chi connectivity index (χ0v) is 19.8. The van der Waals surface area contributed by atoms with E-state index in [9.17, 15) is 4.39 Å². The van der Waals surface area contributed by atoms with Gasteiger partial charge in [0.15, 0.2) is 11.6 Å². The summed E-state index contributed by atoms with van der Waals surface area (Å²) in [6.45, 7) is 12.6. The quantitative estimate of drug-likeness (QED) is 0.289. The molecule has 0 saturated carbocycles. The molecule has 3 heteroatoms. The molecule has 0 radical (unpaired) electrons. The Morgan fingerprint density at radius 1 is 0.941 bits per heavy atom. The van der Waals surface area contributed by atoms with Crippen molar-refractivity contribution in [2.45, 2.75) is 26.9 Å². The minimum Gasteiger partial charge on any atom is -0.484 e. The van der Waals surface area contributed by atoms with Crippen molar-refractivity contribution in [2.75, 3.05) is 0 Å². The molecule has 0 fully saturated rings. The zero-order valence-electron chi connectivity index (χ0n) is 19.8. The van der Waals surface area contributed by atoms with Gasteiger partial charge < -0.3 is 4.74 Å². The zero-order chi connectivity index (χ0) is 24.3. The normalized spacial score (nSPS) is 11.5. The molecule has 0 bridgehead atoms. The minimum atomic E-state index is -0.410. The molecule has 0 saturated heterocycles. The SMILES string of the molecule is C=C(/C=C/c1ccc(/C=C\C)c(C)c1)CC(=C)/C=C/c1ccc(OCc2ccccn2)c(F)c1. The number of halogens is 1. The molecule has 3 rings (SSSR count). The second-order valence-electron chi connectivity index (χ2n) is 8.08. The Bertz CT molecular complexity index is 1240. The van der Waals surface area contributed by atoms with E-state index in [0.29, 0.717) is 6.42 Å². The first-order valence-electron chi connectivity index (χ1n) is 11.2. The monoisotopic (exact) mass is 451 g/mol. The van der Waals surface area contributed by atoms with Gasteiger partial charge in [0.25, 0.3) is 0 Å². The number of aryl methyl sites for hydroxylation is 1. The van der Waals surface area contributed by atoms with Crippen molar-refractivity contribution < 1.29 is 9.13 Å². The van der Waals surface area contributed by atoms with E-state index in [4.69, 9.17) is 4.74 Å². The van der Waals surface area contributed by atoms with Crippen LogP contribution in [0.3, 0.4) is 0 Å². The lowest BCUT2D eigenvalue weighted by Crippen LogP contribution is -1.99. The van der Waals surface area contributed by atoms with Crippen molar-refractivity contribution in [3.63, 3.8) is 0 Å². The highest BCUT2D eigenvalue weighted by molar-refractivity contribution is 5.61. The van der Waals surface area contributed by atoms with Crippen molar-refractivity contribution in [2.24, 2.45) is 0 Å².